The summed E-state index contributed by atoms with van der Waals surface area (Å²) < 4.78 is 11.3. The number of anilines is 1. The Labute approximate surface area is 193 Å². The SMILES string of the molecule is COc1c(Cl)cc(Cl)cc1C(=O)Nc1cccc(-c2nc3c(ccc4ccccc43)o2)c1. The molecule has 0 bridgehead atoms. The number of carbonyl (C=O) groups is 1. The number of carbonyl (C=O) groups excluding carboxylic acids is 1. The number of benzene rings is 4. The molecule has 1 N–H and O–H groups in total. The summed E-state index contributed by atoms with van der Waals surface area (Å²) in [5.41, 5.74) is 3.04. The molecule has 4 aromatic carbocycles. The van der Waals surface area contributed by atoms with Crippen molar-refractivity contribution in [1.29, 1.82) is 0 Å². The second-order valence-electron chi connectivity index (χ2n) is 7.16. The molecule has 1 aromatic heterocycles. The van der Waals surface area contributed by atoms with E-state index in [-0.39, 0.29) is 16.3 Å². The number of rotatable bonds is 4. The first-order valence-electron chi connectivity index (χ1n) is 9.76. The predicted octanol–water partition coefficient (Wildman–Crippen LogP) is 7.22. The number of hydrogen-bond acceptors (Lipinski definition) is 4. The minimum Gasteiger partial charge on any atom is -0.494 e. The van der Waals surface area contributed by atoms with Crippen LogP contribution in [0, 0.1) is 0 Å². The van der Waals surface area contributed by atoms with E-state index in [9.17, 15) is 4.79 Å². The summed E-state index contributed by atoms with van der Waals surface area (Å²) in [4.78, 5) is 17.6. The lowest BCUT2D eigenvalue weighted by Gasteiger charge is -2.12. The third kappa shape index (κ3) is 3.66. The molecule has 0 saturated heterocycles. The van der Waals surface area contributed by atoms with Crippen LogP contribution in [0.3, 0.4) is 0 Å². The van der Waals surface area contributed by atoms with Gasteiger partial charge < -0.3 is 14.5 Å². The molecule has 7 heteroatoms. The van der Waals surface area contributed by atoms with Gasteiger partial charge in [-0.1, -0.05) is 59.6 Å². The maximum absolute atomic E-state index is 12.9. The topological polar surface area (TPSA) is 64.4 Å². The van der Waals surface area contributed by atoms with Gasteiger partial charge in [-0.05, 0) is 41.8 Å². The molecule has 0 aliphatic carbocycles. The lowest BCUT2D eigenvalue weighted by atomic mass is 10.1. The van der Waals surface area contributed by atoms with Gasteiger partial charge in [0.15, 0.2) is 5.58 Å². The number of oxazole rings is 1. The molecule has 0 fully saturated rings. The third-order valence-electron chi connectivity index (χ3n) is 5.11. The van der Waals surface area contributed by atoms with E-state index < -0.39 is 5.91 Å². The Bertz CT molecular complexity index is 1490. The molecule has 1 amide bonds. The fourth-order valence-electron chi connectivity index (χ4n) is 3.65. The van der Waals surface area contributed by atoms with Crippen molar-refractivity contribution in [3.05, 3.63) is 88.4 Å². The third-order valence-corrected chi connectivity index (χ3v) is 5.61. The fraction of sp³-hybridized carbons (Fsp3) is 0.0400. The molecule has 0 aliphatic heterocycles. The zero-order valence-electron chi connectivity index (χ0n) is 16.9. The van der Waals surface area contributed by atoms with Gasteiger partial charge in [0.05, 0.1) is 17.7 Å². The van der Waals surface area contributed by atoms with Crippen LogP contribution >= 0.6 is 23.2 Å². The van der Waals surface area contributed by atoms with E-state index in [1.54, 1.807) is 12.1 Å². The molecule has 0 saturated carbocycles. The van der Waals surface area contributed by atoms with Crippen molar-refractivity contribution >= 4 is 56.7 Å². The van der Waals surface area contributed by atoms with E-state index in [0.717, 1.165) is 21.9 Å². The summed E-state index contributed by atoms with van der Waals surface area (Å²) in [5, 5.41) is 5.57. The molecule has 1 heterocycles. The number of halogens is 2. The standard InChI is InChI=1S/C25H16Cl2N2O3/c1-31-23-19(12-16(26)13-20(23)27)24(30)28-17-7-4-6-15(11-17)25-29-22-18-8-3-2-5-14(18)9-10-21(22)32-25/h2-13H,1H3,(H,28,30). The Kier molecular flexibility index (Phi) is 5.21. The van der Waals surface area contributed by atoms with E-state index in [1.807, 2.05) is 48.5 Å². The number of nitrogens with zero attached hydrogens (tertiary/aromatic N) is 1. The molecule has 32 heavy (non-hydrogen) atoms. The number of hydrogen-bond donors (Lipinski definition) is 1. The number of nitrogens with one attached hydrogen (secondary N) is 1. The molecule has 0 radical (unpaired) electrons. The van der Waals surface area contributed by atoms with Crippen molar-refractivity contribution in [2.24, 2.45) is 0 Å². The lowest BCUT2D eigenvalue weighted by molar-refractivity contribution is 0.102. The van der Waals surface area contributed by atoms with Crippen LogP contribution in [0.5, 0.6) is 5.75 Å². The van der Waals surface area contributed by atoms with Crippen molar-refractivity contribution in [2.45, 2.75) is 0 Å². The van der Waals surface area contributed by atoms with Gasteiger partial charge in [0.2, 0.25) is 5.89 Å². The molecule has 5 aromatic rings. The van der Waals surface area contributed by atoms with Crippen LogP contribution in [0.25, 0.3) is 33.3 Å². The number of fused-ring (bicyclic) bond motifs is 3. The molecule has 158 valence electrons. The average molecular weight is 463 g/mol. The first kappa shape index (κ1) is 20.4. The van der Waals surface area contributed by atoms with Crippen molar-refractivity contribution in [1.82, 2.24) is 4.98 Å². The van der Waals surface area contributed by atoms with Gasteiger partial charge in [0.1, 0.15) is 11.3 Å². The first-order valence-corrected chi connectivity index (χ1v) is 10.5. The minimum atomic E-state index is -0.396. The summed E-state index contributed by atoms with van der Waals surface area (Å²) in [6, 6.07) is 22.2. The molecule has 0 aliphatic rings. The Morgan fingerprint density at radius 2 is 1.84 bits per heavy atom. The molecular weight excluding hydrogens is 447 g/mol. The number of aromatic nitrogens is 1. The summed E-state index contributed by atoms with van der Waals surface area (Å²) >= 11 is 12.2. The van der Waals surface area contributed by atoms with Crippen LogP contribution in [-0.2, 0) is 0 Å². The molecule has 0 unspecified atom stereocenters. The highest BCUT2D eigenvalue weighted by atomic mass is 35.5. The smallest absolute Gasteiger partial charge is 0.259 e. The van der Waals surface area contributed by atoms with Crippen LogP contribution in [0.15, 0.2) is 77.2 Å². The van der Waals surface area contributed by atoms with Crippen molar-refractivity contribution in [3.63, 3.8) is 0 Å². The molecule has 0 atom stereocenters. The maximum Gasteiger partial charge on any atom is 0.259 e. The minimum absolute atomic E-state index is 0.240. The zero-order valence-corrected chi connectivity index (χ0v) is 18.4. The largest absolute Gasteiger partial charge is 0.494 e. The Hall–Kier alpha value is -3.54. The molecule has 5 rings (SSSR count). The average Bonchev–Trinajstić information content (AvgIpc) is 3.24. The van der Waals surface area contributed by atoms with E-state index in [2.05, 4.69) is 5.32 Å². The van der Waals surface area contributed by atoms with Gasteiger partial charge in [-0.2, -0.15) is 0 Å². The van der Waals surface area contributed by atoms with Crippen LogP contribution in [0.1, 0.15) is 10.4 Å². The summed E-state index contributed by atoms with van der Waals surface area (Å²) in [6.07, 6.45) is 0. The molecule has 5 nitrogen and oxygen atoms in total. The monoisotopic (exact) mass is 462 g/mol. The van der Waals surface area contributed by atoms with Gasteiger partial charge in [0, 0.05) is 21.7 Å². The quantitative estimate of drug-likeness (QED) is 0.306. The van der Waals surface area contributed by atoms with Crippen LogP contribution in [0.2, 0.25) is 10.0 Å². The van der Waals surface area contributed by atoms with Gasteiger partial charge in [0.25, 0.3) is 5.91 Å². The highest BCUT2D eigenvalue weighted by Crippen LogP contribution is 2.34. The van der Waals surface area contributed by atoms with E-state index in [4.69, 9.17) is 37.3 Å². The first-order chi connectivity index (χ1) is 15.5. The molecular formula is C25H16Cl2N2O3. The van der Waals surface area contributed by atoms with E-state index in [0.29, 0.717) is 22.2 Å². The summed E-state index contributed by atoms with van der Waals surface area (Å²) in [6.45, 7) is 0. The second-order valence-corrected chi connectivity index (χ2v) is 8.00. The lowest BCUT2D eigenvalue weighted by Crippen LogP contribution is -2.13. The van der Waals surface area contributed by atoms with Gasteiger partial charge in [-0.25, -0.2) is 4.98 Å². The Balaban J connectivity index is 1.49. The maximum atomic E-state index is 12.9. The van der Waals surface area contributed by atoms with Crippen LogP contribution in [0.4, 0.5) is 5.69 Å². The number of methoxy groups -OCH3 is 1. The highest BCUT2D eigenvalue weighted by molar-refractivity contribution is 6.36. The number of ether oxygens (including phenoxy) is 1. The second kappa shape index (κ2) is 8.19. The Morgan fingerprint density at radius 1 is 1.00 bits per heavy atom. The van der Waals surface area contributed by atoms with Gasteiger partial charge in [-0.15, -0.1) is 0 Å². The summed E-state index contributed by atoms with van der Waals surface area (Å²) in [5.74, 6) is 0.332. The molecule has 0 spiro atoms. The van der Waals surface area contributed by atoms with Crippen LogP contribution < -0.4 is 10.1 Å². The van der Waals surface area contributed by atoms with E-state index >= 15 is 0 Å². The zero-order chi connectivity index (χ0) is 22.2. The summed E-state index contributed by atoms with van der Waals surface area (Å²) in [7, 11) is 1.45. The van der Waals surface area contributed by atoms with E-state index in [1.165, 1.54) is 19.2 Å². The Morgan fingerprint density at radius 3 is 2.69 bits per heavy atom. The highest BCUT2D eigenvalue weighted by Gasteiger charge is 2.18. The van der Waals surface area contributed by atoms with Gasteiger partial charge >= 0.3 is 0 Å². The normalized spacial score (nSPS) is 11.1. The van der Waals surface area contributed by atoms with Crippen molar-refractivity contribution < 1.29 is 13.9 Å². The van der Waals surface area contributed by atoms with Gasteiger partial charge in [-0.3, -0.25) is 4.79 Å². The predicted molar refractivity (Wildman–Crippen MR) is 128 cm³/mol. The van der Waals surface area contributed by atoms with Crippen LogP contribution in [-0.4, -0.2) is 18.0 Å². The fourth-order valence-corrected chi connectivity index (χ4v) is 4.22. The number of amides is 1. The van der Waals surface area contributed by atoms with Crippen molar-refractivity contribution in [3.8, 4) is 17.2 Å². The van der Waals surface area contributed by atoms with Crippen molar-refractivity contribution in [2.75, 3.05) is 12.4 Å².